The number of carbonyl (C=O) groups is 1. The lowest BCUT2D eigenvalue weighted by Crippen LogP contribution is -2.23. The van der Waals surface area contributed by atoms with Crippen LogP contribution in [0.4, 0.5) is 19.0 Å². The van der Waals surface area contributed by atoms with Crippen molar-refractivity contribution in [3.05, 3.63) is 17.8 Å². The van der Waals surface area contributed by atoms with Gasteiger partial charge in [-0.3, -0.25) is 4.79 Å². The van der Waals surface area contributed by atoms with Crippen molar-refractivity contribution >= 4 is 11.8 Å². The van der Waals surface area contributed by atoms with Crippen molar-refractivity contribution in [3.8, 4) is 0 Å². The molecule has 1 aromatic rings. The maximum absolute atomic E-state index is 12.3. The van der Waals surface area contributed by atoms with Crippen LogP contribution in [0, 0.1) is 0 Å². The van der Waals surface area contributed by atoms with Crippen LogP contribution in [0.5, 0.6) is 0 Å². The summed E-state index contributed by atoms with van der Waals surface area (Å²) in [5.74, 6) is -0.105. The molecule has 0 fully saturated rings. The maximum Gasteiger partial charge on any atom is 0.435 e. The van der Waals surface area contributed by atoms with E-state index >= 15 is 0 Å². The molecule has 0 radical (unpaired) electrons. The van der Waals surface area contributed by atoms with Crippen LogP contribution in [0.25, 0.3) is 0 Å². The molecule has 0 atom stereocenters. The van der Waals surface area contributed by atoms with Crippen LogP contribution in [0.3, 0.4) is 0 Å². The highest BCUT2D eigenvalue weighted by Gasteiger charge is 2.32. The second-order valence-electron chi connectivity index (χ2n) is 3.75. The van der Waals surface area contributed by atoms with Crippen LogP contribution in [0.2, 0.25) is 0 Å². The molecule has 0 amide bonds. The third kappa shape index (κ3) is 4.72. The van der Waals surface area contributed by atoms with E-state index < -0.39 is 11.9 Å². The number of alkyl halides is 3. The van der Waals surface area contributed by atoms with E-state index in [4.69, 9.17) is 4.74 Å². The van der Waals surface area contributed by atoms with Crippen LogP contribution >= 0.6 is 0 Å². The minimum atomic E-state index is -4.50. The predicted molar refractivity (Wildman–Crippen MR) is 61.6 cm³/mol. The molecule has 1 rings (SSSR count). The van der Waals surface area contributed by atoms with Gasteiger partial charge in [0.25, 0.3) is 0 Å². The van der Waals surface area contributed by atoms with Crippen LogP contribution in [0.1, 0.15) is 19.0 Å². The number of rotatable bonds is 5. The minimum Gasteiger partial charge on any atom is -0.466 e. The molecule has 0 bridgehead atoms. The SMILES string of the molecule is CCOC(=O)CCN(C)c1ccc(C(F)(F)F)nn1. The van der Waals surface area contributed by atoms with Crippen molar-refractivity contribution in [1.29, 1.82) is 0 Å². The highest BCUT2D eigenvalue weighted by atomic mass is 19.4. The molecule has 0 saturated heterocycles. The number of esters is 1. The summed E-state index contributed by atoms with van der Waals surface area (Å²) in [7, 11) is 1.61. The van der Waals surface area contributed by atoms with E-state index in [0.29, 0.717) is 13.2 Å². The molecule has 1 heterocycles. The van der Waals surface area contributed by atoms with Crippen molar-refractivity contribution < 1.29 is 22.7 Å². The molecule has 0 saturated carbocycles. The minimum absolute atomic E-state index is 0.132. The van der Waals surface area contributed by atoms with Gasteiger partial charge in [-0.1, -0.05) is 0 Å². The third-order valence-electron chi connectivity index (χ3n) is 2.29. The number of carbonyl (C=O) groups excluding carboxylic acids is 1. The molecule has 8 heteroatoms. The molecule has 0 spiro atoms. The lowest BCUT2D eigenvalue weighted by atomic mass is 10.3. The molecule has 0 unspecified atom stereocenters. The van der Waals surface area contributed by atoms with Crippen molar-refractivity contribution in [2.45, 2.75) is 19.5 Å². The van der Waals surface area contributed by atoms with E-state index in [0.717, 1.165) is 6.07 Å². The van der Waals surface area contributed by atoms with Crippen molar-refractivity contribution in [2.75, 3.05) is 25.1 Å². The molecule has 19 heavy (non-hydrogen) atoms. The van der Waals surface area contributed by atoms with Crippen LogP contribution in [-0.2, 0) is 15.7 Å². The Balaban J connectivity index is 2.58. The van der Waals surface area contributed by atoms with Crippen LogP contribution in [0.15, 0.2) is 12.1 Å². The van der Waals surface area contributed by atoms with Gasteiger partial charge in [-0.25, -0.2) is 0 Å². The van der Waals surface area contributed by atoms with Gasteiger partial charge in [0, 0.05) is 13.6 Å². The Labute approximate surface area is 108 Å². The predicted octanol–water partition coefficient (Wildman–Crippen LogP) is 1.88. The zero-order valence-electron chi connectivity index (χ0n) is 10.6. The monoisotopic (exact) mass is 277 g/mol. The molecule has 106 valence electrons. The third-order valence-corrected chi connectivity index (χ3v) is 2.29. The Kier molecular flexibility index (Phi) is 5.08. The van der Waals surface area contributed by atoms with Gasteiger partial charge >= 0.3 is 12.1 Å². The number of aromatic nitrogens is 2. The number of hydrogen-bond donors (Lipinski definition) is 0. The average molecular weight is 277 g/mol. The highest BCUT2D eigenvalue weighted by molar-refractivity contribution is 5.70. The zero-order chi connectivity index (χ0) is 14.5. The second-order valence-corrected chi connectivity index (χ2v) is 3.75. The first-order valence-corrected chi connectivity index (χ1v) is 5.62. The number of anilines is 1. The Morgan fingerprint density at radius 2 is 2.05 bits per heavy atom. The van der Waals surface area contributed by atoms with Crippen LogP contribution < -0.4 is 4.90 Å². The topological polar surface area (TPSA) is 55.3 Å². The number of nitrogens with zero attached hydrogens (tertiary/aromatic N) is 3. The smallest absolute Gasteiger partial charge is 0.435 e. The molecule has 0 N–H and O–H groups in total. The molecule has 5 nitrogen and oxygen atoms in total. The Hall–Kier alpha value is -1.86. The number of hydrogen-bond acceptors (Lipinski definition) is 5. The first-order chi connectivity index (χ1) is 8.84. The summed E-state index contributed by atoms with van der Waals surface area (Å²) in [6.07, 6.45) is -4.37. The first kappa shape index (κ1) is 15.2. The van der Waals surface area contributed by atoms with Crippen molar-refractivity contribution in [1.82, 2.24) is 10.2 Å². The quantitative estimate of drug-likeness (QED) is 0.769. The lowest BCUT2D eigenvalue weighted by molar-refractivity contribution is -0.143. The summed E-state index contributed by atoms with van der Waals surface area (Å²) < 4.78 is 41.6. The van der Waals surface area contributed by atoms with E-state index in [-0.39, 0.29) is 18.2 Å². The zero-order valence-corrected chi connectivity index (χ0v) is 10.6. The van der Waals surface area contributed by atoms with Gasteiger partial charge in [0.05, 0.1) is 13.0 Å². The van der Waals surface area contributed by atoms with Gasteiger partial charge in [-0.05, 0) is 19.1 Å². The molecular formula is C11H14F3N3O2. The van der Waals surface area contributed by atoms with Gasteiger partial charge in [0.15, 0.2) is 11.5 Å². The van der Waals surface area contributed by atoms with Gasteiger partial charge in [-0.15, -0.1) is 10.2 Å². The Bertz CT molecular complexity index is 420. The summed E-state index contributed by atoms with van der Waals surface area (Å²) in [6.45, 7) is 2.28. The van der Waals surface area contributed by atoms with E-state index in [1.165, 1.54) is 11.0 Å². The fourth-order valence-electron chi connectivity index (χ4n) is 1.29. The maximum atomic E-state index is 12.3. The van der Waals surface area contributed by atoms with E-state index in [9.17, 15) is 18.0 Å². The summed E-state index contributed by atoms with van der Waals surface area (Å²) >= 11 is 0. The fourth-order valence-corrected chi connectivity index (χ4v) is 1.29. The fraction of sp³-hybridized carbons (Fsp3) is 0.545. The summed E-state index contributed by atoms with van der Waals surface area (Å²) in [6, 6.07) is 2.06. The molecular weight excluding hydrogens is 263 g/mol. The Morgan fingerprint density at radius 1 is 1.37 bits per heavy atom. The number of halogens is 3. The molecule has 0 aliphatic carbocycles. The van der Waals surface area contributed by atoms with Crippen molar-refractivity contribution in [2.24, 2.45) is 0 Å². The Morgan fingerprint density at radius 3 is 2.53 bits per heavy atom. The number of ether oxygens (including phenoxy) is 1. The van der Waals surface area contributed by atoms with Gasteiger partial charge in [-0.2, -0.15) is 13.2 Å². The van der Waals surface area contributed by atoms with Crippen LogP contribution in [-0.4, -0.2) is 36.4 Å². The lowest BCUT2D eigenvalue weighted by Gasteiger charge is -2.17. The van der Waals surface area contributed by atoms with Gasteiger partial charge in [0.1, 0.15) is 0 Å². The molecule has 0 aliphatic rings. The standard InChI is InChI=1S/C11H14F3N3O2/c1-3-19-10(18)6-7-17(2)9-5-4-8(15-16-9)11(12,13)14/h4-5H,3,6-7H2,1-2H3. The largest absolute Gasteiger partial charge is 0.466 e. The summed E-state index contributed by atoms with van der Waals surface area (Å²) in [5, 5.41) is 6.57. The average Bonchev–Trinajstić information content (AvgIpc) is 2.35. The normalized spacial score (nSPS) is 11.2. The van der Waals surface area contributed by atoms with Gasteiger partial charge in [0.2, 0.25) is 0 Å². The molecule has 0 aromatic carbocycles. The summed E-state index contributed by atoms with van der Waals surface area (Å²) in [4.78, 5) is 12.7. The van der Waals surface area contributed by atoms with Gasteiger partial charge < -0.3 is 9.64 Å². The second kappa shape index (κ2) is 6.35. The first-order valence-electron chi connectivity index (χ1n) is 5.62. The molecule has 1 aromatic heterocycles. The van der Waals surface area contributed by atoms with Crippen molar-refractivity contribution in [3.63, 3.8) is 0 Å². The summed E-state index contributed by atoms with van der Waals surface area (Å²) in [5.41, 5.74) is -1.05. The molecule has 0 aliphatic heterocycles. The van der Waals surface area contributed by atoms with E-state index in [1.807, 2.05) is 0 Å². The van der Waals surface area contributed by atoms with E-state index in [2.05, 4.69) is 10.2 Å². The highest BCUT2D eigenvalue weighted by Crippen LogP contribution is 2.27. The van der Waals surface area contributed by atoms with E-state index in [1.54, 1.807) is 14.0 Å².